The summed E-state index contributed by atoms with van der Waals surface area (Å²) in [5, 5.41) is 3.02. The van der Waals surface area contributed by atoms with E-state index in [-0.39, 0.29) is 16.9 Å². The van der Waals surface area contributed by atoms with Gasteiger partial charge in [-0.25, -0.2) is 4.79 Å². The number of hydrogen-bond acceptors (Lipinski definition) is 4. The second-order valence-corrected chi connectivity index (χ2v) is 17.6. The van der Waals surface area contributed by atoms with Crippen LogP contribution in [0.4, 0.5) is 0 Å². The molecule has 210 valence electrons. The highest BCUT2D eigenvalue weighted by Crippen LogP contribution is 2.45. The van der Waals surface area contributed by atoms with E-state index < -0.39 is 32.0 Å². The number of ether oxygens (including phenoxy) is 1. The molecule has 2 aromatic carbocycles. The van der Waals surface area contributed by atoms with Crippen LogP contribution >= 0.6 is 0 Å². The van der Waals surface area contributed by atoms with Crippen LogP contribution in [-0.4, -0.2) is 31.8 Å². The summed E-state index contributed by atoms with van der Waals surface area (Å²) in [6.45, 7) is 14.8. The maximum atomic E-state index is 14.3. The second-order valence-electron chi connectivity index (χ2n) is 12.9. The van der Waals surface area contributed by atoms with Crippen molar-refractivity contribution in [3.05, 3.63) is 71.8 Å². The van der Waals surface area contributed by atoms with Gasteiger partial charge >= 0.3 is 5.97 Å². The number of hydrogen-bond donors (Lipinski definition) is 1. The van der Waals surface area contributed by atoms with Crippen molar-refractivity contribution in [2.45, 2.75) is 103 Å². The Labute approximate surface area is 235 Å². The summed E-state index contributed by atoms with van der Waals surface area (Å²) >= 11 is 0. The number of carbonyl (C=O) groups is 2. The Morgan fingerprint density at radius 2 is 1.56 bits per heavy atom. The minimum absolute atomic E-state index is 0.0426. The molecule has 39 heavy (non-hydrogen) atoms. The maximum Gasteiger partial charge on any atom is 0.339 e. The van der Waals surface area contributed by atoms with Crippen LogP contribution < -0.4 is 5.32 Å². The predicted octanol–water partition coefficient (Wildman–Crippen LogP) is 7.74. The first-order chi connectivity index (χ1) is 18.3. The van der Waals surface area contributed by atoms with Gasteiger partial charge in [-0.15, -0.1) is 0 Å². The standard InChI is InChI=1S/C33H45NO4Si/c1-23-22-29(35)34-33(23,30(28-16-12-9-13-17-28)38-39(6,7)32(3,4)5)31(36)37-24(2)25-18-20-27(21-19-25)26-14-10-8-11-15-26/h8,10-11,14-15,18-22,24,28,30H,9,12-13,16-17H2,1-7H3,(H,34,35)/t24-,30-,33-/m0/s1. The second kappa shape index (κ2) is 11.4. The lowest BCUT2D eigenvalue weighted by Crippen LogP contribution is -2.66. The van der Waals surface area contributed by atoms with E-state index in [0.717, 1.165) is 42.4 Å². The molecule has 5 nitrogen and oxygen atoms in total. The molecule has 1 amide bonds. The van der Waals surface area contributed by atoms with Gasteiger partial charge in [0.25, 0.3) is 0 Å². The van der Waals surface area contributed by atoms with E-state index in [0.29, 0.717) is 5.57 Å². The zero-order chi connectivity index (χ0) is 28.4. The van der Waals surface area contributed by atoms with Crippen LogP contribution in [0.2, 0.25) is 18.1 Å². The van der Waals surface area contributed by atoms with Crippen molar-refractivity contribution in [3.63, 3.8) is 0 Å². The Morgan fingerprint density at radius 3 is 2.10 bits per heavy atom. The Balaban J connectivity index is 1.65. The predicted molar refractivity (Wildman–Crippen MR) is 160 cm³/mol. The fourth-order valence-electron chi connectivity index (χ4n) is 5.63. The minimum Gasteiger partial charge on any atom is -0.456 e. The van der Waals surface area contributed by atoms with Gasteiger partial charge in [0, 0.05) is 6.08 Å². The van der Waals surface area contributed by atoms with Crippen molar-refractivity contribution in [1.82, 2.24) is 5.32 Å². The molecule has 2 aromatic rings. The molecule has 0 aromatic heterocycles. The molecule has 0 saturated heterocycles. The lowest BCUT2D eigenvalue weighted by Gasteiger charge is -2.48. The van der Waals surface area contributed by atoms with Gasteiger partial charge in [-0.1, -0.05) is 94.6 Å². The molecule has 0 spiro atoms. The number of nitrogens with one attached hydrogen (secondary N) is 1. The van der Waals surface area contributed by atoms with E-state index in [2.05, 4.69) is 63.4 Å². The van der Waals surface area contributed by atoms with E-state index in [1.54, 1.807) is 6.08 Å². The Morgan fingerprint density at radius 1 is 0.974 bits per heavy atom. The largest absolute Gasteiger partial charge is 0.456 e. The highest BCUT2D eigenvalue weighted by molar-refractivity contribution is 6.74. The van der Waals surface area contributed by atoms with Gasteiger partial charge in [0.15, 0.2) is 13.9 Å². The quantitative estimate of drug-likeness (QED) is 0.271. The topological polar surface area (TPSA) is 64.6 Å². The minimum atomic E-state index is -2.29. The molecule has 1 aliphatic carbocycles. The molecule has 1 saturated carbocycles. The smallest absolute Gasteiger partial charge is 0.339 e. The summed E-state index contributed by atoms with van der Waals surface area (Å²) in [5.74, 6) is -0.525. The molecular weight excluding hydrogens is 502 g/mol. The van der Waals surface area contributed by atoms with Crippen LogP contribution in [0, 0.1) is 5.92 Å². The van der Waals surface area contributed by atoms with Gasteiger partial charge in [0.1, 0.15) is 6.10 Å². The van der Waals surface area contributed by atoms with Crippen LogP contribution in [0.1, 0.15) is 78.4 Å². The van der Waals surface area contributed by atoms with Crippen molar-refractivity contribution < 1.29 is 18.8 Å². The number of esters is 1. The molecule has 1 heterocycles. The van der Waals surface area contributed by atoms with Crippen LogP contribution in [0.5, 0.6) is 0 Å². The molecule has 2 aliphatic rings. The van der Waals surface area contributed by atoms with Crippen LogP contribution in [0.25, 0.3) is 11.1 Å². The molecule has 1 aliphatic heterocycles. The molecule has 0 unspecified atom stereocenters. The van der Waals surface area contributed by atoms with Gasteiger partial charge in [-0.2, -0.15) is 0 Å². The summed E-state index contributed by atoms with van der Waals surface area (Å²) in [4.78, 5) is 27.1. The number of carbonyl (C=O) groups excluding carboxylic acids is 2. The first kappa shape index (κ1) is 29.3. The van der Waals surface area contributed by atoms with Crippen molar-refractivity contribution in [2.24, 2.45) is 5.92 Å². The molecule has 3 atom stereocenters. The third kappa shape index (κ3) is 6.07. The van der Waals surface area contributed by atoms with Crippen LogP contribution in [-0.2, 0) is 18.8 Å². The van der Waals surface area contributed by atoms with E-state index in [1.165, 1.54) is 6.42 Å². The zero-order valence-electron chi connectivity index (χ0n) is 24.7. The summed E-state index contributed by atoms with van der Waals surface area (Å²) in [6.07, 6.45) is 5.96. The molecule has 0 bridgehead atoms. The third-order valence-electron chi connectivity index (χ3n) is 9.12. The van der Waals surface area contributed by atoms with Crippen molar-refractivity contribution in [2.75, 3.05) is 0 Å². The van der Waals surface area contributed by atoms with Crippen molar-refractivity contribution in [3.8, 4) is 11.1 Å². The molecule has 6 heteroatoms. The molecule has 1 fully saturated rings. The third-order valence-corrected chi connectivity index (χ3v) is 13.6. The van der Waals surface area contributed by atoms with Gasteiger partial charge in [0.05, 0.1) is 6.10 Å². The van der Waals surface area contributed by atoms with Gasteiger partial charge in [0.2, 0.25) is 5.91 Å². The summed E-state index contributed by atoms with van der Waals surface area (Å²) in [7, 11) is -2.29. The number of benzene rings is 2. The average Bonchev–Trinajstić information content (AvgIpc) is 3.22. The van der Waals surface area contributed by atoms with Gasteiger partial charge in [-0.3, -0.25) is 4.79 Å². The van der Waals surface area contributed by atoms with Crippen LogP contribution in [0.15, 0.2) is 66.2 Å². The first-order valence-corrected chi connectivity index (χ1v) is 17.3. The summed E-state index contributed by atoms with van der Waals surface area (Å²) in [6, 6.07) is 18.3. The monoisotopic (exact) mass is 547 g/mol. The highest BCUT2D eigenvalue weighted by Gasteiger charge is 2.58. The Bertz CT molecular complexity index is 1190. The fraction of sp³-hybridized carbons (Fsp3) is 0.515. The lowest BCUT2D eigenvalue weighted by atomic mass is 9.74. The summed E-state index contributed by atoms with van der Waals surface area (Å²) in [5.41, 5.74) is 2.51. The lowest BCUT2D eigenvalue weighted by molar-refractivity contribution is -0.162. The van der Waals surface area contributed by atoms with E-state index >= 15 is 0 Å². The zero-order valence-corrected chi connectivity index (χ0v) is 25.7. The highest BCUT2D eigenvalue weighted by atomic mass is 28.4. The normalized spacial score (nSPS) is 22.1. The van der Waals surface area contributed by atoms with Gasteiger partial charge in [-0.05, 0) is 73.0 Å². The maximum absolute atomic E-state index is 14.3. The van der Waals surface area contributed by atoms with Crippen LogP contribution in [0.3, 0.4) is 0 Å². The first-order valence-electron chi connectivity index (χ1n) is 14.4. The van der Waals surface area contributed by atoms with E-state index in [9.17, 15) is 9.59 Å². The fourth-order valence-corrected chi connectivity index (χ4v) is 6.99. The van der Waals surface area contributed by atoms with Crippen molar-refractivity contribution >= 4 is 20.2 Å². The van der Waals surface area contributed by atoms with E-state index in [4.69, 9.17) is 9.16 Å². The summed E-state index contributed by atoms with van der Waals surface area (Å²) < 4.78 is 13.3. The number of amides is 1. The van der Waals surface area contributed by atoms with Gasteiger partial charge < -0.3 is 14.5 Å². The van der Waals surface area contributed by atoms with E-state index in [1.807, 2.05) is 44.2 Å². The Hall–Kier alpha value is -2.70. The molecule has 0 radical (unpaired) electrons. The molecule has 1 N–H and O–H groups in total. The van der Waals surface area contributed by atoms with Crippen molar-refractivity contribution in [1.29, 1.82) is 0 Å². The molecule has 4 rings (SSSR count). The SMILES string of the molecule is CC1=CC(=O)N[C@]1(C(=O)O[C@@H](C)c1ccc(-c2ccccc2)cc1)[C@@H](O[Si](C)(C)C(C)(C)C)C1CCCCC1. The number of rotatable bonds is 8. The Kier molecular flexibility index (Phi) is 8.57. The average molecular weight is 548 g/mol. The molecular formula is C33H45NO4Si.